The quantitative estimate of drug-likeness (QED) is 0.390. The van der Waals surface area contributed by atoms with Crippen LogP contribution >= 0.6 is 35.4 Å². The fourth-order valence-corrected chi connectivity index (χ4v) is 3.72. The molecule has 5 nitrogen and oxygen atoms in total. The number of phenolic OH excluding ortho intramolecular Hbond substituents is 1. The molecule has 1 fully saturated rings. The molecule has 2 aromatic carbocycles. The van der Waals surface area contributed by atoms with Gasteiger partial charge in [0, 0.05) is 10.6 Å². The van der Waals surface area contributed by atoms with Crippen molar-refractivity contribution in [2.75, 3.05) is 4.90 Å². The largest absolute Gasteiger partial charge is 0.506 e. The van der Waals surface area contributed by atoms with Crippen molar-refractivity contribution in [3.63, 3.8) is 0 Å². The maximum atomic E-state index is 13.1. The van der Waals surface area contributed by atoms with Crippen molar-refractivity contribution in [1.29, 1.82) is 0 Å². The Hall–Kier alpha value is -2.41. The minimum Gasteiger partial charge on any atom is -0.506 e. The smallest absolute Gasteiger partial charge is 0.270 e. The summed E-state index contributed by atoms with van der Waals surface area (Å²) in [5.41, 5.74) is 1.63. The van der Waals surface area contributed by atoms with E-state index in [1.165, 1.54) is 23.1 Å². The first-order valence-corrected chi connectivity index (χ1v) is 10.1. The Morgan fingerprint density at radius 1 is 1.21 bits per heavy atom. The third-order valence-electron chi connectivity index (χ3n) is 4.79. The fraction of sp³-hybridized carbons (Fsp3) is 0.190. The van der Waals surface area contributed by atoms with E-state index in [-0.39, 0.29) is 32.0 Å². The Morgan fingerprint density at radius 2 is 1.86 bits per heavy atom. The molecule has 0 bridgehead atoms. The molecule has 0 aliphatic carbocycles. The number of benzene rings is 2. The van der Waals surface area contributed by atoms with Gasteiger partial charge in [-0.2, -0.15) is 0 Å². The molecular formula is C21H18Cl2N2O3S. The number of thiocarbonyl (C=S) groups is 1. The van der Waals surface area contributed by atoms with E-state index in [9.17, 15) is 14.7 Å². The van der Waals surface area contributed by atoms with Gasteiger partial charge in [0.15, 0.2) is 5.11 Å². The molecule has 1 aliphatic heterocycles. The summed E-state index contributed by atoms with van der Waals surface area (Å²) in [5.74, 6) is -1.16. The zero-order valence-electron chi connectivity index (χ0n) is 15.7. The zero-order valence-corrected chi connectivity index (χ0v) is 18.0. The van der Waals surface area contributed by atoms with E-state index >= 15 is 0 Å². The van der Waals surface area contributed by atoms with Crippen LogP contribution in [0.2, 0.25) is 10.0 Å². The number of carbonyl (C=O) groups is 2. The van der Waals surface area contributed by atoms with Crippen molar-refractivity contribution in [2.24, 2.45) is 0 Å². The Bertz CT molecular complexity index is 1030. The predicted molar refractivity (Wildman–Crippen MR) is 119 cm³/mol. The van der Waals surface area contributed by atoms with Crippen molar-refractivity contribution < 1.29 is 14.7 Å². The van der Waals surface area contributed by atoms with Crippen LogP contribution in [0.1, 0.15) is 37.3 Å². The predicted octanol–water partition coefficient (Wildman–Crippen LogP) is 5.04. The number of nitrogens with zero attached hydrogens (tertiary/aromatic N) is 1. The van der Waals surface area contributed by atoms with E-state index in [0.717, 1.165) is 12.0 Å². The number of halogens is 2. The van der Waals surface area contributed by atoms with Gasteiger partial charge in [0.2, 0.25) is 0 Å². The van der Waals surface area contributed by atoms with E-state index in [4.69, 9.17) is 35.4 Å². The summed E-state index contributed by atoms with van der Waals surface area (Å²) in [7, 11) is 0. The lowest BCUT2D eigenvalue weighted by Gasteiger charge is -2.29. The number of phenols is 1. The number of hydrogen-bond acceptors (Lipinski definition) is 4. The van der Waals surface area contributed by atoms with E-state index in [1.807, 2.05) is 12.1 Å². The molecule has 1 aliphatic rings. The molecule has 150 valence electrons. The molecule has 8 heteroatoms. The number of hydrogen-bond donors (Lipinski definition) is 2. The molecule has 2 aromatic rings. The summed E-state index contributed by atoms with van der Waals surface area (Å²) in [6.45, 7) is 4.22. The number of nitrogens with one attached hydrogen (secondary N) is 1. The van der Waals surface area contributed by atoms with Crippen LogP contribution in [0, 0.1) is 0 Å². The van der Waals surface area contributed by atoms with Gasteiger partial charge in [0.25, 0.3) is 11.8 Å². The maximum Gasteiger partial charge on any atom is 0.270 e. The van der Waals surface area contributed by atoms with Crippen LogP contribution in [0.5, 0.6) is 5.75 Å². The highest BCUT2D eigenvalue weighted by Crippen LogP contribution is 2.33. The zero-order chi connectivity index (χ0) is 21.3. The SMILES string of the molecule is CCC(C)c1ccc(N2C(=O)/C(=C\c3cc(Cl)cc(Cl)c3O)C(=O)NC2=S)cc1. The maximum absolute atomic E-state index is 13.1. The van der Waals surface area contributed by atoms with Crippen LogP contribution in [0.25, 0.3) is 6.08 Å². The number of carbonyl (C=O) groups excluding carboxylic acids is 2. The highest BCUT2D eigenvalue weighted by Gasteiger charge is 2.34. The summed E-state index contributed by atoms with van der Waals surface area (Å²) in [5, 5.41) is 12.9. The average molecular weight is 449 g/mol. The first-order chi connectivity index (χ1) is 13.7. The number of rotatable bonds is 4. The van der Waals surface area contributed by atoms with E-state index in [2.05, 4.69) is 19.2 Å². The molecular weight excluding hydrogens is 431 g/mol. The van der Waals surface area contributed by atoms with E-state index in [1.54, 1.807) is 12.1 Å². The van der Waals surface area contributed by atoms with Gasteiger partial charge in [-0.15, -0.1) is 0 Å². The van der Waals surface area contributed by atoms with E-state index in [0.29, 0.717) is 11.6 Å². The molecule has 0 radical (unpaired) electrons. The molecule has 1 atom stereocenters. The second-order valence-electron chi connectivity index (χ2n) is 6.68. The lowest BCUT2D eigenvalue weighted by Crippen LogP contribution is -2.54. The van der Waals surface area contributed by atoms with Crippen LogP contribution in [-0.2, 0) is 9.59 Å². The van der Waals surface area contributed by atoms with Crippen LogP contribution < -0.4 is 10.2 Å². The summed E-state index contributed by atoms with van der Waals surface area (Å²) < 4.78 is 0. The standard InChI is InChI=1S/C21H18Cl2N2O3S/c1-3-11(2)12-4-6-15(7-5-12)25-20(28)16(19(27)24-21(25)29)9-13-8-14(22)10-17(23)18(13)26/h4-11,26H,3H2,1-2H3,(H,24,27,29)/b16-9-. The Kier molecular flexibility index (Phi) is 6.27. The van der Waals surface area contributed by atoms with Crippen LogP contribution in [-0.4, -0.2) is 22.0 Å². The van der Waals surface area contributed by atoms with Crippen molar-refractivity contribution in [3.05, 3.63) is 63.1 Å². The molecule has 2 N–H and O–H groups in total. The number of aromatic hydroxyl groups is 1. The van der Waals surface area contributed by atoms with Gasteiger partial charge in [-0.05, 0) is 60.5 Å². The molecule has 1 saturated heterocycles. The molecule has 1 heterocycles. The minimum atomic E-state index is -0.664. The second-order valence-corrected chi connectivity index (χ2v) is 7.91. The van der Waals surface area contributed by atoms with Crippen molar-refractivity contribution in [1.82, 2.24) is 5.32 Å². The first-order valence-electron chi connectivity index (χ1n) is 8.92. The Balaban J connectivity index is 2.01. The van der Waals surface area contributed by atoms with Gasteiger partial charge >= 0.3 is 0 Å². The van der Waals surface area contributed by atoms with Crippen molar-refractivity contribution >= 4 is 64.1 Å². The van der Waals surface area contributed by atoms with Crippen LogP contribution in [0.3, 0.4) is 0 Å². The van der Waals surface area contributed by atoms with Gasteiger partial charge in [-0.3, -0.25) is 19.8 Å². The topological polar surface area (TPSA) is 69.6 Å². The summed E-state index contributed by atoms with van der Waals surface area (Å²) in [6.07, 6.45) is 2.24. The molecule has 1 unspecified atom stereocenters. The van der Waals surface area contributed by atoms with Gasteiger partial charge in [0.05, 0.1) is 10.7 Å². The van der Waals surface area contributed by atoms with Crippen molar-refractivity contribution in [2.45, 2.75) is 26.2 Å². The number of amides is 2. The van der Waals surface area contributed by atoms with Crippen LogP contribution in [0.4, 0.5) is 5.69 Å². The Labute approximate surface area is 183 Å². The first kappa shape index (κ1) is 21.3. The third kappa shape index (κ3) is 4.29. The lowest BCUT2D eigenvalue weighted by atomic mass is 9.98. The third-order valence-corrected chi connectivity index (χ3v) is 5.58. The molecule has 0 spiro atoms. The molecule has 2 amide bonds. The van der Waals surface area contributed by atoms with Crippen molar-refractivity contribution in [3.8, 4) is 5.75 Å². The number of anilines is 1. The molecule has 0 aromatic heterocycles. The average Bonchev–Trinajstić information content (AvgIpc) is 2.68. The molecule has 0 saturated carbocycles. The monoisotopic (exact) mass is 448 g/mol. The van der Waals surface area contributed by atoms with Gasteiger partial charge in [0.1, 0.15) is 11.3 Å². The van der Waals surface area contributed by atoms with Crippen LogP contribution in [0.15, 0.2) is 42.0 Å². The molecule has 29 heavy (non-hydrogen) atoms. The second kappa shape index (κ2) is 8.53. The van der Waals surface area contributed by atoms with Gasteiger partial charge in [-0.1, -0.05) is 49.2 Å². The lowest BCUT2D eigenvalue weighted by molar-refractivity contribution is -0.122. The highest BCUT2D eigenvalue weighted by atomic mass is 35.5. The summed E-state index contributed by atoms with van der Waals surface area (Å²) >= 11 is 17.1. The normalized spacial score (nSPS) is 16.9. The minimum absolute atomic E-state index is 0.0122. The van der Waals surface area contributed by atoms with E-state index < -0.39 is 11.8 Å². The Morgan fingerprint density at radius 3 is 2.48 bits per heavy atom. The fourth-order valence-electron chi connectivity index (χ4n) is 2.93. The highest BCUT2D eigenvalue weighted by molar-refractivity contribution is 7.80. The summed E-state index contributed by atoms with van der Waals surface area (Å²) in [4.78, 5) is 26.7. The molecule has 3 rings (SSSR count). The summed E-state index contributed by atoms with van der Waals surface area (Å²) in [6, 6.07) is 10.2. The van der Waals surface area contributed by atoms with Gasteiger partial charge in [-0.25, -0.2) is 0 Å². The van der Waals surface area contributed by atoms with Gasteiger partial charge < -0.3 is 5.11 Å².